The van der Waals surface area contributed by atoms with Crippen LogP contribution in [0, 0.1) is 13.8 Å². The molecule has 0 amide bonds. The lowest BCUT2D eigenvalue weighted by Gasteiger charge is -2.44. The molecule has 0 N–H and O–H groups in total. The third-order valence-electron chi connectivity index (χ3n) is 8.67. The summed E-state index contributed by atoms with van der Waals surface area (Å²) in [5.41, 5.74) is 2.78. The van der Waals surface area contributed by atoms with Gasteiger partial charge in [-0.25, -0.2) is 0 Å². The zero-order valence-corrected chi connectivity index (χ0v) is 33.6. The van der Waals surface area contributed by atoms with Crippen LogP contribution in [0.25, 0.3) is 11.1 Å². The van der Waals surface area contributed by atoms with Crippen molar-refractivity contribution in [1.29, 1.82) is 0 Å². The van der Waals surface area contributed by atoms with Gasteiger partial charge in [-0.2, -0.15) is 0 Å². The number of carbonyl (C=O) groups is 7. The molecule has 0 radical (unpaired) electrons. The minimum Gasteiger partial charge on any atom is -0.463 e. The molecule has 2 aliphatic heterocycles. The molecule has 0 saturated carbocycles. The number of rotatable bonds is 14. The van der Waals surface area contributed by atoms with Crippen LogP contribution in [-0.4, -0.2) is 110 Å². The Labute approximate surface area is 334 Å². The van der Waals surface area contributed by atoms with E-state index in [0.29, 0.717) is 16.9 Å². The maximum absolute atomic E-state index is 12.3. The summed E-state index contributed by atoms with van der Waals surface area (Å²) in [7, 11) is 0. The van der Waals surface area contributed by atoms with Crippen molar-refractivity contribution >= 4 is 41.8 Å². The van der Waals surface area contributed by atoms with Crippen molar-refractivity contribution in [2.45, 2.75) is 124 Å². The van der Waals surface area contributed by atoms with Crippen molar-refractivity contribution < 1.29 is 85.7 Å². The third-order valence-corrected chi connectivity index (χ3v) is 8.67. The summed E-state index contributed by atoms with van der Waals surface area (Å²) in [4.78, 5) is 83.7. The van der Waals surface area contributed by atoms with E-state index in [1.165, 1.54) is 27.7 Å². The molecule has 2 saturated heterocycles. The normalized spacial score (nSPS) is 25.2. The van der Waals surface area contributed by atoms with Crippen LogP contribution in [-0.2, 0) is 76.2 Å². The smallest absolute Gasteiger partial charge is 0.303 e. The van der Waals surface area contributed by atoms with Gasteiger partial charge in [0.05, 0.1) is 6.10 Å². The van der Waals surface area contributed by atoms with E-state index in [1.807, 2.05) is 12.1 Å². The zero-order chi connectivity index (χ0) is 42.8. The van der Waals surface area contributed by atoms with Crippen molar-refractivity contribution in [3.63, 3.8) is 0 Å². The largest absolute Gasteiger partial charge is 0.463 e. The van der Waals surface area contributed by atoms with Gasteiger partial charge in [0.2, 0.25) is 24.8 Å². The van der Waals surface area contributed by atoms with E-state index in [0.717, 1.165) is 31.9 Å². The van der Waals surface area contributed by atoms with E-state index in [4.69, 9.17) is 52.1 Å². The van der Waals surface area contributed by atoms with E-state index < -0.39 is 104 Å². The summed E-state index contributed by atoms with van der Waals surface area (Å²) in [5.74, 6) is -4.09. The third kappa shape index (κ3) is 12.6. The van der Waals surface area contributed by atoms with Gasteiger partial charge in [-0.05, 0) is 60.4 Å². The molecule has 2 fully saturated rings. The standard InChI is InChI=1S/C40H48O18/c1-19-14-28(10-12-31(19)56-39-36(52-25(7)45)33(50-23(5)43)16-30(55-39)17-48-21(3)41)29-11-13-32(20(2)15-29)57-40-38(54-27(9)47)37(53-26(8)46)35(51-24(6)44)34(58-40)18-49-22(4)42/h10-15,30,33-40H,16-18H2,1-9H3/t30-,33-,34+,35+,36-,37-,38-,39+,40-/m0/s1. The predicted octanol–water partition coefficient (Wildman–Crippen LogP) is 3.35. The molecule has 0 aromatic heterocycles. The molecule has 2 aromatic rings. The van der Waals surface area contributed by atoms with E-state index >= 15 is 0 Å². The number of benzene rings is 2. The molecule has 18 heteroatoms. The Morgan fingerprint density at radius 3 is 1.41 bits per heavy atom. The van der Waals surface area contributed by atoms with Crippen LogP contribution in [0.2, 0.25) is 0 Å². The second-order valence-corrected chi connectivity index (χ2v) is 13.7. The van der Waals surface area contributed by atoms with E-state index in [9.17, 15) is 33.6 Å². The van der Waals surface area contributed by atoms with Crippen LogP contribution in [0.1, 0.15) is 66.0 Å². The molecule has 0 aliphatic carbocycles. The Hall–Kier alpha value is -5.75. The highest BCUT2D eigenvalue weighted by atomic mass is 16.7. The van der Waals surface area contributed by atoms with Gasteiger partial charge in [0.1, 0.15) is 36.9 Å². The summed E-state index contributed by atoms with van der Waals surface area (Å²) < 4.78 is 62.2. The highest BCUT2D eigenvalue weighted by molar-refractivity contribution is 5.70. The quantitative estimate of drug-likeness (QED) is 0.197. The van der Waals surface area contributed by atoms with Gasteiger partial charge in [0, 0.05) is 54.9 Å². The van der Waals surface area contributed by atoms with E-state index in [2.05, 4.69) is 0 Å². The zero-order valence-electron chi connectivity index (χ0n) is 33.6. The van der Waals surface area contributed by atoms with Crippen LogP contribution in [0.15, 0.2) is 36.4 Å². The Morgan fingerprint density at radius 2 is 0.948 bits per heavy atom. The first-order chi connectivity index (χ1) is 27.3. The lowest BCUT2D eigenvalue weighted by atomic mass is 9.97. The Bertz CT molecular complexity index is 1860. The van der Waals surface area contributed by atoms with Crippen molar-refractivity contribution in [3.8, 4) is 22.6 Å². The van der Waals surface area contributed by atoms with Crippen molar-refractivity contribution in [1.82, 2.24) is 0 Å². The molecule has 316 valence electrons. The lowest BCUT2D eigenvalue weighted by Crippen LogP contribution is -2.63. The molecule has 2 aromatic carbocycles. The summed E-state index contributed by atoms with van der Waals surface area (Å²) in [6.07, 6.45) is -10.7. The highest BCUT2D eigenvalue weighted by Gasteiger charge is 2.53. The van der Waals surface area contributed by atoms with E-state index in [1.54, 1.807) is 38.1 Å². The fourth-order valence-electron chi connectivity index (χ4n) is 6.41. The Balaban J connectivity index is 1.60. The predicted molar refractivity (Wildman–Crippen MR) is 196 cm³/mol. The first-order valence-corrected chi connectivity index (χ1v) is 18.3. The molecule has 18 nitrogen and oxygen atoms in total. The average Bonchev–Trinajstić information content (AvgIpc) is 3.11. The fraction of sp³-hybridized carbons (Fsp3) is 0.525. The monoisotopic (exact) mass is 816 g/mol. The molecular formula is C40H48O18. The van der Waals surface area contributed by atoms with Gasteiger partial charge in [-0.15, -0.1) is 0 Å². The average molecular weight is 817 g/mol. The van der Waals surface area contributed by atoms with Crippen LogP contribution < -0.4 is 9.47 Å². The SMILES string of the molecule is CC(=O)OC[C@@H]1C[C@H](OC(C)=O)[C@H](OC(C)=O)[C@@H](Oc2ccc(-c3ccc(O[C@H]4O[C@H](COC(C)=O)[C@@H](OC(C)=O)[C@H](OC(C)=O)[C@@H]4OC(C)=O)c(C)c3)cc2C)O1. The van der Waals surface area contributed by atoms with Gasteiger partial charge in [-0.3, -0.25) is 33.6 Å². The molecule has 4 rings (SSSR count). The number of aryl methyl sites for hydroxylation is 2. The second-order valence-electron chi connectivity index (χ2n) is 13.7. The van der Waals surface area contributed by atoms with Gasteiger partial charge < -0.3 is 52.1 Å². The van der Waals surface area contributed by atoms with E-state index in [-0.39, 0.29) is 18.8 Å². The number of ether oxygens (including phenoxy) is 11. The Kier molecular flexibility index (Phi) is 15.6. The van der Waals surface area contributed by atoms with Crippen molar-refractivity contribution in [3.05, 3.63) is 47.5 Å². The number of carbonyl (C=O) groups excluding carboxylic acids is 7. The fourth-order valence-corrected chi connectivity index (χ4v) is 6.41. The van der Waals surface area contributed by atoms with Gasteiger partial charge in [-0.1, -0.05) is 12.1 Å². The Morgan fingerprint density at radius 1 is 0.517 bits per heavy atom. The summed E-state index contributed by atoms with van der Waals surface area (Å²) in [6.45, 7) is 11.2. The van der Waals surface area contributed by atoms with Crippen LogP contribution in [0.5, 0.6) is 11.5 Å². The van der Waals surface area contributed by atoms with Crippen LogP contribution in [0.3, 0.4) is 0 Å². The van der Waals surface area contributed by atoms with Gasteiger partial charge in [0.25, 0.3) is 0 Å². The number of hydrogen-bond donors (Lipinski definition) is 0. The lowest BCUT2D eigenvalue weighted by molar-refractivity contribution is -0.288. The van der Waals surface area contributed by atoms with Crippen LogP contribution in [0.4, 0.5) is 0 Å². The molecular weight excluding hydrogens is 768 g/mol. The highest BCUT2D eigenvalue weighted by Crippen LogP contribution is 2.35. The molecule has 0 unspecified atom stereocenters. The maximum atomic E-state index is 12.3. The van der Waals surface area contributed by atoms with Gasteiger partial charge >= 0.3 is 41.8 Å². The topological polar surface area (TPSA) is 221 Å². The summed E-state index contributed by atoms with van der Waals surface area (Å²) in [6, 6.07) is 10.5. The number of hydrogen-bond acceptors (Lipinski definition) is 18. The molecule has 0 bridgehead atoms. The van der Waals surface area contributed by atoms with Crippen LogP contribution >= 0.6 is 0 Å². The molecule has 0 spiro atoms. The number of esters is 7. The molecule has 9 atom stereocenters. The summed E-state index contributed by atoms with van der Waals surface area (Å²) >= 11 is 0. The van der Waals surface area contributed by atoms with Gasteiger partial charge in [0.15, 0.2) is 12.2 Å². The second kappa shape index (κ2) is 20.1. The first kappa shape index (κ1) is 45.0. The maximum Gasteiger partial charge on any atom is 0.303 e. The molecule has 2 aliphatic rings. The first-order valence-electron chi connectivity index (χ1n) is 18.3. The summed E-state index contributed by atoms with van der Waals surface area (Å²) in [5, 5.41) is 0. The molecule has 2 heterocycles. The van der Waals surface area contributed by atoms with Crippen molar-refractivity contribution in [2.24, 2.45) is 0 Å². The van der Waals surface area contributed by atoms with Crippen molar-refractivity contribution in [2.75, 3.05) is 13.2 Å². The minimum absolute atomic E-state index is 0.0787. The molecule has 58 heavy (non-hydrogen) atoms. The minimum atomic E-state index is -1.42.